The van der Waals surface area contributed by atoms with Gasteiger partial charge in [-0.2, -0.15) is 0 Å². The van der Waals surface area contributed by atoms with E-state index in [1.165, 1.54) is 89.9 Å². The predicted molar refractivity (Wildman–Crippen MR) is 321 cm³/mol. The van der Waals surface area contributed by atoms with Gasteiger partial charge in [-0.1, -0.05) is 234 Å². The molecule has 0 aromatic carbocycles. The van der Waals surface area contributed by atoms with Crippen LogP contribution in [0.3, 0.4) is 0 Å². The third kappa shape index (κ3) is 55.5. The maximum Gasteiger partial charge on any atom is 0.306 e. The zero-order valence-corrected chi connectivity index (χ0v) is 50.1. The van der Waals surface area contributed by atoms with Crippen molar-refractivity contribution >= 4 is 19.7 Å². The first kappa shape index (κ1) is 71.9. The molecule has 10 heteroatoms. The van der Waals surface area contributed by atoms with Gasteiger partial charge in [-0.25, -0.2) is 0 Å². The van der Waals surface area contributed by atoms with E-state index in [9.17, 15) is 19.0 Å². The normalized spacial score (nSPS) is 14.4. The van der Waals surface area contributed by atoms with Crippen LogP contribution in [0.5, 0.6) is 0 Å². The second-order valence-electron chi connectivity index (χ2n) is 21.4. The Kier molecular flexibility index (Phi) is 52.1. The molecule has 0 aromatic rings. The Bertz CT molecular complexity index is 1610. The molecule has 0 heterocycles. The maximum absolute atomic E-state index is 13.5. The third-order valence-electron chi connectivity index (χ3n) is 13.0. The van der Waals surface area contributed by atoms with Gasteiger partial charge < -0.3 is 28.5 Å². The average molecular weight is 1070 g/mol. The van der Waals surface area contributed by atoms with Gasteiger partial charge >= 0.3 is 5.97 Å². The zero-order chi connectivity index (χ0) is 55.0. The van der Waals surface area contributed by atoms with Crippen LogP contribution in [0.2, 0.25) is 0 Å². The Morgan fingerprint density at radius 3 is 1.28 bits per heavy atom. The van der Waals surface area contributed by atoms with Gasteiger partial charge in [-0.05, 0) is 102 Å². The average Bonchev–Trinajstić information content (AvgIpc) is 3.37. The maximum atomic E-state index is 13.5. The summed E-state index contributed by atoms with van der Waals surface area (Å²) in [4.78, 5) is 39.9. The summed E-state index contributed by atoms with van der Waals surface area (Å²) in [5.74, 6) is -0.567. The van der Waals surface area contributed by atoms with Crippen LogP contribution in [-0.2, 0) is 27.9 Å². The minimum atomic E-state index is -4.71. The first-order chi connectivity index (χ1) is 36.4. The van der Waals surface area contributed by atoms with Crippen molar-refractivity contribution in [2.75, 3.05) is 40.9 Å². The monoisotopic (exact) mass is 1070 g/mol. The Morgan fingerprint density at radius 2 is 0.853 bits per heavy atom. The van der Waals surface area contributed by atoms with Crippen LogP contribution in [0.1, 0.15) is 252 Å². The summed E-state index contributed by atoms with van der Waals surface area (Å²) in [6.45, 7) is 6.60. The van der Waals surface area contributed by atoms with Crippen molar-refractivity contribution in [1.82, 2.24) is 5.32 Å². The number of hydrogen-bond donors (Lipinski definition) is 1. The molecule has 0 aliphatic carbocycles. The number of phosphoric acid groups is 1. The van der Waals surface area contributed by atoms with E-state index in [4.69, 9.17) is 13.8 Å². The lowest BCUT2D eigenvalue weighted by atomic mass is 10.0. The van der Waals surface area contributed by atoms with Crippen LogP contribution in [0.25, 0.3) is 0 Å². The van der Waals surface area contributed by atoms with E-state index in [1.54, 1.807) is 0 Å². The number of phosphoric ester groups is 1. The highest BCUT2D eigenvalue weighted by Crippen LogP contribution is 2.38. The van der Waals surface area contributed by atoms with Crippen molar-refractivity contribution < 1.29 is 37.3 Å². The number of esters is 1. The lowest BCUT2D eigenvalue weighted by Gasteiger charge is -2.30. The Labute approximate surface area is 462 Å². The van der Waals surface area contributed by atoms with Crippen LogP contribution in [0.15, 0.2) is 97.2 Å². The first-order valence-electron chi connectivity index (χ1n) is 30.5. The van der Waals surface area contributed by atoms with E-state index in [1.807, 2.05) is 33.3 Å². The molecule has 0 bridgehead atoms. The number of nitrogens with one attached hydrogen (secondary N) is 1. The minimum absolute atomic E-state index is 0.0304. The SMILES string of the molecule is CC/C=C\C/C=C\C/C=C\C/C=C\C/C=C\CCCCCCCCCC(=O)NC(COP(=O)([O-])OCC[N+](C)(C)C)C(/C=C\CCCCCCCCCCCC)OC(=O)CCCCCCCCC/C=C/C/C=C/CC. The van der Waals surface area contributed by atoms with Crippen molar-refractivity contribution in [3.63, 3.8) is 0 Å². The molecule has 0 saturated carbocycles. The second-order valence-corrected chi connectivity index (χ2v) is 22.9. The van der Waals surface area contributed by atoms with Crippen LogP contribution in [-0.4, -0.2) is 69.4 Å². The molecule has 0 fully saturated rings. The van der Waals surface area contributed by atoms with Gasteiger partial charge in [0.25, 0.3) is 7.82 Å². The molecule has 432 valence electrons. The zero-order valence-electron chi connectivity index (χ0n) is 49.2. The summed E-state index contributed by atoms with van der Waals surface area (Å²) in [7, 11) is 1.16. The van der Waals surface area contributed by atoms with Gasteiger partial charge in [0.2, 0.25) is 5.91 Å². The van der Waals surface area contributed by atoms with E-state index in [-0.39, 0.29) is 24.9 Å². The molecule has 0 aliphatic heterocycles. The molecule has 0 rings (SSSR count). The number of nitrogens with zero attached hydrogens (tertiary/aromatic N) is 1. The smallest absolute Gasteiger partial charge is 0.306 e. The highest BCUT2D eigenvalue weighted by atomic mass is 31.2. The Balaban J connectivity index is 5.25. The number of rotatable bonds is 54. The number of allylic oxidation sites excluding steroid dienone is 15. The highest BCUT2D eigenvalue weighted by molar-refractivity contribution is 7.45. The topological polar surface area (TPSA) is 114 Å². The quantitative estimate of drug-likeness (QED) is 0.0212. The van der Waals surface area contributed by atoms with E-state index >= 15 is 0 Å². The number of carbonyl (C=O) groups is 2. The molecule has 3 unspecified atom stereocenters. The van der Waals surface area contributed by atoms with E-state index < -0.39 is 26.6 Å². The van der Waals surface area contributed by atoms with E-state index in [2.05, 4.69) is 111 Å². The largest absolute Gasteiger partial charge is 0.756 e. The van der Waals surface area contributed by atoms with Crippen LogP contribution < -0.4 is 10.2 Å². The Hall–Kier alpha value is -3.07. The van der Waals surface area contributed by atoms with Crippen molar-refractivity contribution in [2.45, 2.75) is 264 Å². The lowest BCUT2D eigenvalue weighted by Crippen LogP contribution is -2.47. The highest BCUT2D eigenvalue weighted by Gasteiger charge is 2.27. The summed E-state index contributed by atoms with van der Waals surface area (Å²) < 4.78 is 30.3. The van der Waals surface area contributed by atoms with Gasteiger partial charge in [-0.15, -0.1) is 0 Å². The number of ether oxygens (including phenoxy) is 1. The molecule has 75 heavy (non-hydrogen) atoms. The van der Waals surface area contributed by atoms with Crippen LogP contribution >= 0.6 is 7.82 Å². The molecule has 1 amide bonds. The summed E-state index contributed by atoms with van der Waals surface area (Å²) >= 11 is 0. The number of unbranched alkanes of at least 4 members (excludes halogenated alkanes) is 24. The molecule has 1 N–H and O–H groups in total. The molecule has 0 radical (unpaired) electrons. The lowest BCUT2D eigenvalue weighted by molar-refractivity contribution is -0.870. The van der Waals surface area contributed by atoms with Crippen molar-refractivity contribution in [1.29, 1.82) is 0 Å². The van der Waals surface area contributed by atoms with E-state index in [0.717, 1.165) is 128 Å². The Morgan fingerprint density at radius 1 is 0.480 bits per heavy atom. The summed E-state index contributed by atoms with van der Waals surface area (Å²) in [5.41, 5.74) is 0. The minimum Gasteiger partial charge on any atom is -0.756 e. The standard InChI is InChI=1S/C65H115N2O7P/c1-7-10-13-16-19-22-25-28-30-31-32-33-34-35-36-37-38-39-42-45-48-51-54-57-64(68)66-62(61-73-75(70,71)72-60-59-67(4,5)6)63(56-53-50-47-44-41-27-24-21-18-15-12-9-3)74-65(69)58-55-52-49-46-43-40-29-26-23-20-17-14-11-8-2/h10-11,13-14,19-20,22-23,28,30,32-33,35-36,53,56,62-63H,7-9,12,15-18,21,24-27,29,31,34,37-52,54-55,57-61H2,1-6H3,(H-,66,68,70,71)/b13-10-,14-11+,22-19-,23-20+,30-28-,33-32-,36-35-,56-53-. The fourth-order valence-corrected chi connectivity index (χ4v) is 9.07. The molecule has 0 aromatic heterocycles. The molecule has 9 nitrogen and oxygen atoms in total. The number of quaternary nitrogens is 1. The number of amides is 1. The number of carbonyl (C=O) groups excluding carboxylic acids is 2. The summed E-state index contributed by atoms with van der Waals surface area (Å²) in [6.07, 6.45) is 72.3. The summed E-state index contributed by atoms with van der Waals surface area (Å²) in [6, 6.07) is -0.903. The molecular formula is C65H115N2O7P. The number of likely N-dealkylation sites (N-methyl/N-ethyl adjacent to an activating group) is 1. The first-order valence-corrected chi connectivity index (χ1v) is 32.0. The third-order valence-corrected chi connectivity index (χ3v) is 14.0. The molecule has 3 atom stereocenters. The molecule has 0 saturated heterocycles. The predicted octanol–water partition coefficient (Wildman–Crippen LogP) is 18.1. The second kappa shape index (κ2) is 54.3. The number of hydrogen-bond acceptors (Lipinski definition) is 7. The van der Waals surface area contributed by atoms with Gasteiger partial charge in [-0.3, -0.25) is 14.2 Å². The van der Waals surface area contributed by atoms with E-state index in [0.29, 0.717) is 17.4 Å². The fraction of sp³-hybridized carbons (Fsp3) is 0.723. The molecular weight excluding hydrogens is 952 g/mol. The summed E-state index contributed by atoms with van der Waals surface area (Å²) in [5, 5.41) is 3.02. The van der Waals surface area contributed by atoms with Crippen molar-refractivity contribution in [2.24, 2.45) is 0 Å². The van der Waals surface area contributed by atoms with Crippen LogP contribution in [0, 0.1) is 0 Å². The van der Waals surface area contributed by atoms with Crippen molar-refractivity contribution in [3.8, 4) is 0 Å². The molecule has 0 spiro atoms. The van der Waals surface area contributed by atoms with Gasteiger partial charge in [0.05, 0.1) is 33.8 Å². The van der Waals surface area contributed by atoms with Gasteiger partial charge in [0.1, 0.15) is 19.3 Å². The van der Waals surface area contributed by atoms with Gasteiger partial charge in [0.15, 0.2) is 0 Å². The molecule has 0 aliphatic rings. The van der Waals surface area contributed by atoms with Crippen molar-refractivity contribution in [3.05, 3.63) is 97.2 Å². The van der Waals surface area contributed by atoms with Gasteiger partial charge in [0, 0.05) is 12.8 Å². The fourth-order valence-electron chi connectivity index (χ4n) is 8.35. The van der Waals surface area contributed by atoms with Crippen LogP contribution in [0.4, 0.5) is 0 Å².